The summed E-state index contributed by atoms with van der Waals surface area (Å²) in [5.74, 6) is -0.242. The van der Waals surface area contributed by atoms with Gasteiger partial charge >= 0.3 is 0 Å². The Labute approximate surface area is 113 Å². The molecule has 0 aliphatic heterocycles. The van der Waals surface area contributed by atoms with Crippen molar-refractivity contribution in [2.24, 2.45) is 0 Å². The highest BCUT2D eigenvalue weighted by Gasteiger charge is 2.21. The van der Waals surface area contributed by atoms with Gasteiger partial charge in [0.2, 0.25) is 5.91 Å². The van der Waals surface area contributed by atoms with Gasteiger partial charge in [0.15, 0.2) is 0 Å². The van der Waals surface area contributed by atoms with E-state index in [0.29, 0.717) is 12.5 Å². The van der Waals surface area contributed by atoms with Crippen LogP contribution >= 0.6 is 0 Å². The molecule has 3 nitrogen and oxygen atoms in total. The Bertz CT molecular complexity index is 411. The first-order chi connectivity index (χ1) is 9.17. The van der Waals surface area contributed by atoms with Gasteiger partial charge in [0.1, 0.15) is 5.82 Å². The molecule has 4 heteroatoms. The molecule has 0 bridgehead atoms. The van der Waals surface area contributed by atoms with E-state index in [1.54, 1.807) is 12.1 Å². The predicted molar refractivity (Wildman–Crippen MR) is 73.4 cm³/mol. The maximum absolute atomic E-state index is 12.8. The van der Waals surface area contributed by atoms with Gasteiger partial charge in [-0.05, 0) is 50.4 Å². The average molecular weight is 264 g/mol. The van der Waals surface area contributed by atoms with Crippen molar-refractivity contribution in [2.45, 2.75) is 44.2 Å². The minimum Gasteiger partial charge on any atom is -0.353 e. The number of rotatable bonds is 4. The summed E-state index contributed by atoms with van der Waals surface area (Å²) in [5, 5.41) is 6.34. The lowest BCUT2D eigenvalue weighted by Gasteiger charge is -2.28. The van der Waals surface area contributed by atoms with E-state index in [2.05, 4.69) is 10.6 Å². The average Bonchev–Trinajstić information content (AvgIpc) is 2.42. The van der Waals surface area contributed by atoms with Crippen molar-refractivity contribution in [3.05, 3.63) is 35.6 Å². The summed E-state index contributed by atoms with van der Waals surface area (Å²) in [4.78, 5) is 11.9. The first kappa shape index (κ1) is 14.0. The van der Waals surface area contributed by atoms with Crippen LogP contribution in [0.2, 0.25) is 0 Å². The molecule has 1 aromatic carbocycles. The molecule has 19 heavy (non-hydrogen) atoms. The number of hydrogen-bond acceptors (Lipinski definition) is 2. The zero-order valence-electron chi connectivity index (χ0n) is 11.3. The fraction of sp³-hybridized carbons (Fsp3) is 0.533. The van der Waals surface area contributed by atoms with Gasteiger partial charge in [-0.3, -0.25) is 4.79 Å². The summed E-state index contributed by atoms with van der Waals surface area (Å²) in [6, 6.07) is 6.98. The first-order valence-electron chi connectivity index (χ1n) is 6.88. The number of carbonyl (C=O) groups is 1. The Morgan fingerprint density at radius 3 is 2.32 bits per heavy atom. The SMILES string of the molecule is CNC1CCC(NC(=O)Cc2ccc(F)cc2)CC1. The van der Waals surface area contributed by atoms with Gasteiger partial charge in [-0.25, -0.2) is 4.39 Å². The number of amides is 1. The van der Waals surface area contributed by atoms with Crippen LogP contribution in [0.3, 0.4) is 0 Å². The second-order valence-corrected chi connectivity index (χ2v) is 5.21. The molecular weight excluding hydrogens is 243 g/mol. The number of benzene rings is 1. The molecule has 1 aliphatic carbocycles. The minimum absolute atomic E-state index is 0.0273. The number of hydrogen-bond donors (Lipinski definition) is 2. The molecule has 104 valence electrons. The van der Waals surface area contributed by atoms with E-state index in [-0.39, 0.29) is 17.8 Å². The molecule has 1 aromatic rings. The largest absolute Gasteiger partial charge is 0.353 e. The van der Waals surface area contributed by atoms with Crippen LogP contribution in [0.5, 0.6) is 0 Å². The Hall–Kier alpha value is -1.42. The van der Waals surface area contributed by atoms with Crippen LogP contribution in [-0.2, 0) is 11.2 Å². The lowest BCUT2D eigenvalue weighted by molar-refractivity contribution is -0.121. The lowest BCUT2D eigenvalue weighted by Crippen LogP contribution is -2.41. The summed E-state index contributed by atoms with van der Waals surface area (Å²) in [7, 11) is 1.98. The van der Waals surface area contributed by atoms with Crippen molar-refractivity contribution in [1.82, 2.24) is 10.6 Å². The van der Waals surface area contributed by atoms with Gasteiger partial charge in [-0.15, -0.1) is 0 Å². The molecule has 0 atom stereocenters. The Kier molecular flexibility index (Phi) is 4.91. The first-order valence-corrected chi connectivity index (χ1v) is 6.88. The van der Waals surface area contributed by atoms with Crippen LogP contribution in [0.1, 0.15) is 31.2 Å². The Balaban J connectivity index is 1.77. The van der Waals surface area contributed by atoms with Crippen LogP contribution in [-0.4, -0.2) is 25.0 Å². The molecule has 1 aliphatic rings. The van der Waals surface area contributed by atoms with Crippen LogP contribution in [0.15, 0.2) is 24.3 Å². The van der Waals surface area contributed by atoms with Gasteiger partial charge in [0, 0.05) is 12.1 Å². The van der Waals surface area contributed by atoms with Crippen molar-refractivity contribution in [1.29, 1.82) is 0 Å². The van der Waals surface area contributed by atoms with Crippen LogP contribution in [0, 0.1) is 5.82 Å². The quantitative estimate of drug-likeness (QED) is 0.873. The highest BCUT2D eigenvalue weighted by molar-refractivity contribution is 5.78. The van der Waals surface area contributed by atoms with Gasteiger partial charge in [0.25, 0.3) is 0 Å². The molecule has 0 heterocycles. The Morgan fingerprint density at radius 1 is 1.16 bits per heavy atom. The normalized spacial score (nSPS) is 23.1. The number of carbonyl (C=O) groups excluding carboxylic acids is 1. The van der Waals surface area contributed by atoms with E-state index in [1.165, 1.54) is 12.1 Å². The molecule has 0 saturated heterocycles. The monoisotopic (exact) mass is 264 g/mol. The van der Waals surface area contributed by atoms with Gasteiger partial charge in [-0.1, -0.05) is 12.1 Å². The number of halogens is 1. The van der Waals surface area contributed by atoms with Crippen molar-refractivity contribution in [3.8, 4) is 0 Å². The highest BCUT2D eigenvalue weighted by Crippen LogP contribution is 2.18. The third-order valence-corrected chi connectivity index (χ3v) is 3.78. The predicted octanol–water partition coefficient (Wildman–Crippen LogP) is 2.01. The summed E-state index contributed by atoms with van der Waals surface area (Å²) in [5.41, 5.74) is 0.850. The highest BCUT2D eigenvalue weighted by atomic mass is 19.1. The van der Waals surface area contributed by atoms with Gasteiger partial charge < -0.3 is 10.6 Å². The van der Waals surface area contributed by atoms with Crippen LogP contribution in [0.25, 0.3) is 0 Å². The van der Waals surface area contributed by atoms with Crippen LogP contribution < -0.4 is 10.6 Å². The van der Waals surface area contributed by atoms with E-state index >= 15 is 0 Å². The van der Waals surface area contributed by atoms with E-state index in [0.717, 1.165) is 31.2 Å². The molecule has 0 unspecified atom stereocenters. The second kappa shape index (κ2) is 6.66. The van der Waals surface area contributed by atoms with E-state index in [1.807, 2.05) is 7.05 Å². The third kappa shape index (κ3) is 4.31. The molecule has 1 fully saturated rings. The van der Waals surface area contributed by atoms with Crippen molar-refractivity contribution >= 4 is 5.91 Å². The summed E-state index contributed by atoms with van der Waals surface area (Å²) < 4.78 is 12.8. The molecule has 1 amide bonds. The van der Waals surface area contributed by atoms with Gasteiger partial charge in [-0.2, -0.15) is 0 Å². The second-order valence-electron chi connectivity index (χ2n) is 5.21. The summed E-state index contributed by atoms with van der Waals surface area (Å²) in [6.07, 6.45) is 4.60. The lowest BCUT2D eigenvalue weighted by atomic mass is 9.91. The third-order valence-electron chi connectivity index (χ3n) is 3.78. The van der Waals surface area contributed by atoms with Crippen molar-refractivity contribution < 1.29 is 9.18 Å². The molecule has 2 rings (SSSR count). The molecule has 2 N–H and O–H groups in total. The number of nitrogens with one attached hydrogen (secondary N) is 2. The van der Waals surface area contributed by atoms with E-state index < -0.39 is 0 Å². The van der Waals surface area contributed by atoms with Gasteiger partial charge in [0.05, 0.1) is 6.42 Å². The summed E-state index contributed by atoms with van der Waals surface area (Å²) >= 11 is 0. The topological polar surface area (TPSA) is 41.1 Å². The fourth-order valence-electron chi connectivity index (χ4n) is 2.59. The maximum atomic E-state index is 12.8. The smallest absolute Gasteiger partial charge is 0.224 e. The van der Waals surface area contributed by atoms with Crippen molar-refractivity contribution in [3.63, 3.8) is 0 Å². The van der Waals surface area contributed by atoms with Crippen LogP contribution in [0.4, 0.5) is 4.39 Å². The fourth-order valence-corrected chi connectivity index (χ4v) is 2.59. The molecular formula is C15H21FN2O. The standard InChI is InChI=1S/C15H21FN2O/c1-17-13-6-8-14(9-7-13)18-15(19)10-11-2-4-12(16)5-3-11/h2-5,13-14,17H,6-10H2,1H3,(H,18,19). The van der Waals surface area contributed by atoms with Crippen molar-refractivity contribution in [2.75, 3.05) is 7.05 Å². The molecule has 0 radical (unpaired) electrons. The zero-order valence-corrected chi connectivity index (χ0v) is 11.3. The molecule has 0 aromatic heterocycles. The minimum atomic E-state index is -0.269. The maximum Gasteiger partial charge on any atom is 0.224 e. The molecule has 0 spiro atoms. The Morgan fingerprint density at radius 2 is 1.74 bits per heavy atom. The molecule has 1 saturated carbocycles. The van der Waals surface area contributed by atoms with E-state index in [9.17, 15) is 9.18 Å². The van der Waals surface area contributed by atoms with E-state index in [4.69, 9.17) is 0 Å². The zero-order chi connectivity index (χ0) is 13.7. The summed E-state index contributed by atoms with van der Waals surface area (Å²) in [6.45, 7) is 0.